The molecule has 0 bridgehead atoms. The molecule has 1 aromatic heterocycles. The van der Waals surface area contributed by atoms with Crippen molar-refractivity contribution in [3.8, 4) is 11.3 Å². The summed E-state index contributed by atoms with van der Waals surface area (Å²) in [5.41, 5.74) is 7.06. The van der Waals surface area contributed by atoms with Gasteiger partial charge in [-0.05, 0) is 24.6 Å². The van der Waals surface area contributed by atoms with Crippen molar-refractivity contribution in [2.75, 3.05) is 5.73 Å². The van der Waals surface area contributed by atoms with Crippen molar-refractivity contribution < 1.29 is 8.91 Å². The Kier molecular flexibility index (Phi) is 2.36. The number of hydrogen-bond donors (Lipinski definition) is 1. The van der Waals surface area contributed by atoms with E-state index in [0.717, 1.165) is 0 Å². The highest BCUT2D eigenvalue weighted by Crippen LogP contribution is 2.27. The highest BCUT2D eigenvalue weighted by atomic mass is 35.5. The third-order valence-electron chi connectivity index (χ3n) is 2.03. The Bertz CT molecular complexity index is 487. The van der Waals surface area contributed by atoms with Gasteiger partial charge in [0.05, 0.1) is 5.02 Å². The molecule has 0 aliphatic rings. The maximum Gasteiger partial charge on any atom is 0.222 e. The number of rotatable bonds is 1. The lowest BCUT2D eigenvalue weighted by molar-refractivity contribution is 0.439. The lowest BCUT2D eigenvalue weighted by atomic mass is 10.1. The van der Waals surface area contributed by atoms with Crippen molar-refractivity contribution in [1.82, 2.24) is 5.16 Å². The van der Waals surface area contributed by atoms with Gasteiger partial charge in [0.25, 0.3) is 0 Å². The van der Waals surface area contributed by atoms with Crippen LogP contribution in [0.4, 0.5) is 10.3 Å². The molecule has 2 N–H and O–H groups in total. The molecule has 78 valence electrons. The van der Waals surface area contributed by atoms with Crippen molar-refractivity contribution >= 4 is 17.5 Å². The topological polar surface area (TPSA) is 52.0 Å². The van der Waals surface area contributed by atoms with Gasteiger partial charge in [-0.3, -0.25) is 0 Å². The van der Waals surface area contributed by atoms with Gasteiger partial charge >= 0.3 is 0 Å². The number of nitrogens with zero attached hydrogens (tertiary/aromatic N) is 1. The average Bonchev–Trinajstić information content (AvgIpc) is 2.60. The summed E-state index contributed by atoms with van der Waals surface area (Å²) in [6, 6.07) is 4.68. The summed E-state index contributed by atoms with van der Waals surface area (Å²) >= 11 is 5.71. The quantitative estimate of drug-likeness (QED) is 0.813. The summed E-state index contributed by atoms with van der Waals surface area (Å²) in [5.74, 6) is -0.208. The SMILES string of the molecule is Cc1cc(-c2cc(N)on2)cc(Cl)c1F. The Labute approximate surface area is 90.6 Å². The molecule has 2 aromatic rings. The van der Waals surface area contributed by atoms with Crippen LogP contribution in [-0.2, 0) is 0 Å². The number of anilines is 1. The van der Waals surface area contributed by atoms with Gasteiger partial charge in [-0.25, -0.2) is 4.39 Å². The van der Waals surface area contributed by atoms with E-state index in [4.69, 9.17) is 21.9 Å². The minimum atomic E-state index is -0.420. The third kappa shape index (κ3) is 1.80. The molecule has 2 rings (SSSR count). The molecular weight excluding hydrogens is 219 g/mol. The van der Waals surface area contributed by atoms with E-state index < -0.39 is 5.82 Å². The molecule has 15 heavy (non-hydrogen) atoms. The first-order valence-electron chi connectivity index (χ1n) is 4.26. The van der Waals surface area contributed by atoms with Crippen LogP contribution in [0.3, 0.4) is 0 Å². The second kappa shape index (κ2) is 3.55. The summed E-state index contributed by atoms with van der Waals surface area (Å²) in [7, 11) is 0. The normalized spacial score (nSPS) is 10.6. The largest absolute Gasteiger partial charge is 0.368 e. The minimum Gasteiger partial charge on any atom is -0.368 e. The summed E-state index contributed by atoms with van der Waals surface area (Å²) in [6.07, 6.45) is 0. The molecule has 1 aromatic carbocycles. The number of halogens is 2. The van der Waals surface area contributed by atoms with Gasteiger partial charge in [0.1, 0.15) is 11.5 Å². The van der Waals surface area contributed by atoms with Crippen LogP contribution in [0, 0.1) is 12.7 Å². The Hall–Kier alpha value is -1.55. The van der Waals surface area contributed by atoms with Crippen molar-refractivity contribution in [1.29, 1.82) is 0 Å². The molecule has 5 heteroatoms. The summed E-state index contributed by atoms with van der Waals surface area (Å²) < 4.78 is 18.0. The molecule has 1 heterocycles. The number of nitrogens with two attached hydrogens (primary N) is 1. The zero-order chi connectivity index (χ0) is 11.0. The van der Waals surface area contributed by atoms with Gasteiger partial charge in [0, 0.05) is 11.6 Å². The molecular formula is C10H8ClFN2O. The predicted octanol–water partition coefficient (Wildman–Crippen LogP) is 3.02. The fourth-order valence-electron chi connectivity index (χ4n) is 1.30. The Morgan fingerprint density at radius 1 is 1.40 bits per heavy atom. The second-order valence-electron chi connectivity index (χ2n) is 3.20. The van der Waals surface area contributed by atoms with Gasteiger partial charge in [-0.1, -0.05) is 16.8 Å². The van der Waals surface area contributed by atoms with Crippen molar-refractivity contribution in [3.05, 3.63) is 34.6 Å². The third-order valence-corrected chi connectivity index (χ3v) is 2.31. The van der Waals surface area contributed by atoms with E-state index in [9.17, 15) is 4.39 Å². The van der Waals surface area contributed by atoms with Gasteiger partial charge in [-0.15, -0.1) is 0 Å². The van der Waals surface area contributed by atoms with Crippen molar-refractivity contribution in [2.45, 2.75) is 6.92 Å². The molecule has 0 fully saturated rings. The van der Waals surface area contributed by atoms with Crippen LogP contribution in [0.1, 0.15) is 5.56 Å². The maximum absolute atomic E-state index is 13.2. The Balaban J connectivity index is 2.55. The van der Waals surface area contributed by atoms with Crippen LogP contribution >= 0.6 is 11.6 Å². The van der Waals surface area contributed by atoms with Gasteiger partial charge in [-0.2, -0.15) is 0 Å². The molecule has 0 spiro atoms. The van der Waals surface area contributed by atoms with Crippen LogP contribution in [0.2, 0.25) is 5.02 Å². The van der Waals surface area contributed by atoms with Gasteiger partial charge < -0.3 is 10.3 Å². The van der Waals surface area contributed by atoms with E-state index in [1.807, 2.05) is 0 Å². The van der Waals surface area contributed by atoms with Crippen LogP contribution in [0.15, 0.2) is 22.7 Å². The molecule has 0 aliphatic carbocycles. The smallest absolute Gasteiger partial charge is 0.222 e. The molecule has 0 aliphatic heterocycles. The minimum absolute atomic E-state index is 0.0616. The lowest BCUT2D eigenvalue weighted by Gasteiger charge is -2.02. The maximum atomic E-state index is 13.2. The number of aryl methyl sites for hydroxylation is 1. The monoisotopic (exact) mass is 226 g/mol. The first-order chi connectivity index (χ1) is 7.08. The fourth-order valence-corrected chi connectivity index (χ4v) is 1.57. The van der Waals surface area contributed by atoms with Crippen molar-refractivity contribution in [3.63, 3.8) is 0 Å². The van der Waals surface area contributed by atoms with E-state index in [1.54, 1.807) is 19.1 Å². The van der Waals surface area contributed by atoms with Gasteiger partial charge in [0.15, 0.2) is 0 Å². The summed E-state index contributed by atoms with van der Waals surface area (Å²) in [5, 5.41) is 3.78. The Morgan fingerprint density at radius 3 is 2.67 bits per heavy atom. The highest BCUT2D eigenvalue weighted by Gasteiger charge is 2.10. The Morgan fingerprint density at radius 2 is 2.13 bits per heavy atom. The van der Waals surface area contributed by atoms with E-state index in [-0.39, 0.29) is 10.9 Å². The standard InChI is InChI=1S/C10H8ClFN2O/c1-5-2-6(3-7(11)10(5)12)8-4-9(13)15-14-8/h2-4H,13H2,1H3. The second-order valence-corrected chi connectivity index (χ2v) is 3.61. The summed E-state index contributed by atoms with van der Waals surface area (Å²) in [6.45, 7) is 1.63. The predicted molar refractivity (Wildman–Crippen MR) is 56.1 cm³/mol. The molecule has 0 unspecified atom stereocenters. The lowest BCUT2D eigenvalue weighted by Crippen LogP contribution is -1.86. The highest BCUT2D eigenvalue weighted by molar-refractivity contribution is 6.31. The average molecular weight is 227 g/mol. The first kappa shape index (κ1) is 9.98. The molecule has 0 atom stereocenters. The number of benzene rings is 1. The van der Waals surface area contributed by atoms with Crippen LogP contribution < -0.4 is 5.73 Å². The molecule has 0 saturated carbocycles. The fraction of sp³-hybridized carbons (Fsp3) is 0.100. The van der Waals surface area contributed by atoms with E-state index in [1.165, 1.54) is 6.07 Å². The van der Waals surface area contributed by atoms with E-state index in [0.29, 0.717) is 16.8 Å². The van der Waals surface area contributed by atoms with E-state index >= 15 is 0 Å². The van der Waals surface area contributed by atoms with Crippen LogP contribution in [0.25, 0.3) is 11.3 Å². The molecule has 0 amide bonds. The van der Waals surface area contributed by atoms with Crippen LogP contribution in [-0.4, -0.2) is 5.16 Å². The van der Waals surface area contributed by atoms with Crippen LogP contribution in [0.5, 0.6) is 0 Å². The number of nitrogen functional groups attached to an aromatic ring is 1. The first-order valence-corrected chi connectivity index (χ1v) is 4.64. The molecule has 3 nitrogen and oxygen atoms in total. The summed E-state index contributed by atoms with van der Waals surface area (Å²) in [4.78, 5) is 0. The van der Waals surface area contributed by atoms with Gasteiger partial charge in [0.2, 0.25) is 5.88 Å². The zero-order valence-electron chi connectivity index (χ0n) is 7.92. The van der Waals surface area contributed by atoms with E-state index in [2.05, 4.69) is 5.16 Å². The van der Waals surface area contributed by atoms with Crippen molar-refractivity contribution in [2.24, 2.45) is 0 Å². The molecule has 0 saturated heterocycles. The zero-order valence-corrected chi connectivity index (χ0v) is 8.68. The molecule has 0 radical (unpaired) electrons. The number of aromatic nitrogens is 1. The number of hydrogen-bond acceptors (Lipinski definition) is 3.